The van der Waals surface area contributed by atoms with Crippen molar-refractivity contribution in [3.63, 3.8) is 0 Å². The molecule has 0 unspecified atom stereocenters. The number of rotatable bonds is 8. The summed E-state index contributed by atoms with van der Waals surface area (Å²) in [6.07, 6.45) is 2.12. The molecule has 2 aromatic rings. The molecule has 1 aromatic carbocycles. The molecule has 0 saturated carbocycles. The molecule has 0 aliphatic carbocycles. The van der Waals surface area contributed by atoms with E-state index in [4.69, 9.17) is 10.2 Å². The average Bonchev–Trinajstić information content (AvgIpc) is 2.94. The molecule has 2 rings (SSSR count). The molecule has 0 fully saturated rings. The first-order valence-corrected chi connectivity index (χ1v) is 9.18. The number of anilines is 1. The van der Waals surface area contributed by atoms with Crippen LogP contribution in [0.4, 0.5) is 5.69 Å². The van der Waals surface area contributed by atoms with Crippen LogP contribution in [0, 0.1) is 0 Å². The van der Waals surface area contributed by atoms with Gasteiger partial charge in [0.05, 0.1) is 12.0 Å². The third-order valence-corrected chi connectivity index (χ3v) is 5.54. The van der Waals surface area contributed by atoms with Gasteiger partial charge in [0.15, 0.2) is 0 Å². The lowest BCUT2D eigenvalue weighted by atomic mass is 10.3. The monoisotopic (exact) mass is 326 g/mol. The van der Waals surface area contributed by atoms with Crippen molar-refractivity contribution in [3.05, 3.63) is 48.4 Å². The molecule has 0 spiro atoms. The summed E-state index contributed by atoms with van der Waals surface area (Å²) in [7, 11) is -3.27. The summed E-state index contributed by atoms with van der Waals surface area (Å²) in [5.41, 5.74) is 6.48. The van der Waals surface area contributed by atoms with Gasteiger partial charge in [-0.25, -0.2) is 13.1 Å². The van der Waals surface area contributed by atoms with E-state index < -0.39 is 10.0 Å². The molecular weight excluding hydrogens is 308 g/mol. The molecule has 0 amide bonds. The fraction of sp³-hybridized carbons (Fsp3) is 0.286. The van der Waals surface area contributed by atoms with E-state index >= 15 is 0 Å². The zero-order valence-corrected chi connectivity index (χ0v) is 13.1. The van der Waals surface area contributed by atoms with E-state index in [-0.39, 0.29) is 5.75 Å². The molecular formula is C14H18N2O3S2. The van der Waals surface area contributed by atoms with Crippen LogP contribution in [0.25, 0.3) is 0 Å². The predicted octanol–water partition coefficient (Wildman–Crippen LogP) is 2.12. The van der Waals surface area contributed by atoms with Gasteiger partial charge in [-0.3, -0.25) is 0 Å². The second-order valence-corrected chi connectivity index (χ2v) is 7.49. The van der Waals surface area contributed by atoms with E-state index in [2.05, 4.69) is 4.72 Å². The number of thioether (sulfide) groups is 1. The highest BCUT2D eigenvalue weighted by molar-refractivity contribution is 8.00. The van der Waals surface area contributed by atoms with E-state index in [0.29, 0.717) is 24.4 Å². The Morgan fingerprint density at radius 3 is 2.71 bits per heavy atom. The summed E-state index contributed by atoms with van der Waals surface area (Å²) in [6, 6.07) is 11.0. The second kappa shape index (κ2) is 7.53. The van der Waals surface area contributed by atoms with Crippen LogP contribution in [-0.2, 0) is 16.4 Å². The normalized spacial score (nSPS) is 11.6. The number of hydrogen-bond acceptors (Lipinski definition) is 5. The van der Waals surface area contributed by atoms with Crippen molar-refractivity contribution in [1.29, 1.82) is 0 Å². The highest BCUT2D eigenvalue weighted by Gasteiger charge is 2.10. The molecule has 5 nitrogen and oxygen atoms in total. The summed E-state index contributed by atoms with van der Waals surface area (Å²) < 4.78 is 31.4. The predicted molar refractivity (Wildman–Crippen MR) is 85.8 cm³/mol. The highest BCUT2D eigenvalue weighted by Crippen LogP contribution is 2.24. The van der Waals surface area contributed by atoms with Gasteiger partial charge in [-0.05, 0) is 24.3 Å². The lowest BCUT2D eigenvalue weighted by Gasteiger charge is -2.07. The first kappa shape index (κ1) is 15.9. The maximum absolute atomic E-state index is 11.8. The van der Waals surface area contributed by atoms with Crippen LogP contribution in [0.15, 0.2) is 52.0 Å². The summed E-state index contributed by atoms with van der Waals surface area (Å²) in [5.74, 6) is 1.29. The second-order valence-electron chi connectivity index (χ2n) is 4.43. The van der Waals surface area contributed by atoms with Crippen LogP contribution in [0.3, 0.4) is 0 Å². The summed E-state index contributed by atoms with van der Waals surface area (Å²) >= 11 is 1.44. The zero-order valence-electron chi connectivity index (χ0n) is 11.5. The largest absolute Gasteiger partial charge is 0.469 e. The fourth-order valence-electron chi connectivity index (χ4n) is 1.73. The smallest absolute Gasteiger partial charge is 0.212 e. The van der Waals surface area contributed by atoms with Gasteiger partial charge in [-0.15, -0.1) is 11.8 Å². The summed E-state index contributed by atoms with van der Waals surface area (Å²) in [6.45, 7) is 0.341. The number of para-hydroxylation sites is 1. The first-order chi connectivity index (χ1) is 10.1. The van der Waals surface area contributed by atoms with Gasteiger partial charge in [0.1, 0.15) is 5.76 Å². The van der Waals surface area contributed by atoms with E-state index in [0.717, 1.165) is 10.7 Å². The number of benzene rings is 1. The van der Waals surface area contributed by atoms with Gasteiger partial charge in [0, 0.05) is 29.3 Å². The van der Waals surface area contributed by atoms with Crippen molar-refractivity contribution in [1.82, 2.24) is 4.72 Å². The minimum atomic E-state index is -3.27. The van der Waals surface area contributed by atoms with Crippen LogP contribution in [-0.4, -0.2) is 26.5 Å². The molecule has 0 atom stereocenters. The molecule has 1 heterocycles. The topological polar surface area (TPSA) is 85.3 Å². The quantitative estimate of drug-likeness (QED) is 0.573. The standard InChI is InChI=1S/C14H18N2O3S2/c15-13-5-1-2-6-14(13)20-10-11-21(17,18)16-8-7-12-4-3-9-19-12/h1-6,9,16H,7-8,10-11,15H2. The molecule has 0 aliphatic heterocycles. The van der Waals surface area contributed by atoms with Crippen molar-refractivity contribution in [2.24, 2.45) is 0 Å². The number of furan rings is 1. The summed E-state index contributed by atoms with van der Waals surface area (Å²) in [5, 5.41) is 0. The molecule has 1 aromatic heterocycles. The highest BCUT2D eigenvalue weighted by atomic mass is 32.2. The van der Waals surface area contributed by atoms with Crippen LogP contribution < -0.4 is 10.5 Å². The molecule has 3 N–H and O–H groups in total. The first-order valence-electron chi connectivity index (χ1n) is 6.54. The Bertz CT molecular complexity index is 655. The van der Waals surface area contributed by atoms with Crippen molar-refractivity contribution in [3.8, 4) is 0 Å². The van der Waals surface area contributed by atoms with Crippen LogP contribution >= 0.6 is 11.8 Å². The number of sulfonamides is 1. The average molecular weight is 326 g/mol. The Labute approximate surface area is 129 Å². The number of nitrogens with one attached hydrogen (secondary N) is 1. The maximum Gasteiger partial charge on any atom is 0.212 e. The Morgan fingerprint density at radius 2 is 2.00 bits per heavy atom. The Kier molecular flexibility index (Phi) is 5.72. The minimum absolute atomic E-state index is 0.0597. The third-order valence-electron chi connectivity index (χ3n) is 2.80. The molecule has 0 aliphatic rings. The van der Waals surface area contributed by atoms with E-state index in [1.54, 1.807) is 18.4 Å². The SMILES string of the molecule is Nc1ccccc1SCCS(=O)(=O)NCCc1ccco1. The minimum Gasteiger partial charge on any atom is -0.469 e. The van der Waals surface area contributed by atoms with E-state index in [1.165, 1.54) is 11.8 Å². The number of nitrogen functional groups attached to an aromatic ring is 1. The van der Waals surface area contributed by atoms with Gasteiger partial charge in [-0.2, -0.15) is 0 Å². The molecule has 0 bridgehead atoms. The number of hydrogen-bond donors (Lipinski definition) is 2. The molecule has 0 radical (unpaired) electrons. The van der Waals surface area contributed by atoms with Crippen molar-refractivity contribution in [2.75, 3.05) is 23.8 Å². The van der Waals surface area contributed by atoms with Gasteiger partial charge < -0.3 is 10.2 Å². The van der Waals surface area contributed by atoms with Crippen LogP contribution in [0.2, 0.25) is 0 Å². The van der Waals surface area contributed by atoms with E-state index in [9.17, 15) is 8.42 Å². The Hall–Kier alpha value is -1.44. The van der Waals surface area contributed by atoms with Gasteiger partial charge in [-0.1, -0.05) is 12.1 Å². The molecule has 114 valence electrons. The molecule has 0 saturated heterocycles. The lowest BCUT2D eigenvalue weighted by Crippen LogP contribution is -2.29. The zero-order chi connectivity index (χ0) is 15.1. The van der Waals surface area contributed by atoms with Gasteiger partial charge in [0.2, 0.25) is 10.0 Å². The van der Waals surface area contributed by atoms with Crippen molar-refractivity contribution in [2.45, 2.75) is 11.3 Å². The van der Waals surface area contributed by atoms with E-state index in [1.807, 2.05) is 24.3 Å². The van der Waals surface area contributed by atoms with Crippen LogP contribution in [0.1, 0.15) is 5.76 Å². The lowest BCUT2D eigenvalue weighted by molar-refractivity contribution is 0.506. The number of nitrogens with two attached hydrogens (primary N) is 1. The maximum atomic E-state index is 11.8. The van der Waals surface area contributed by atoms with Crippen LogP contribution in [0.5, 0.6) is 0 Å². The van der Waals surface area contributed by atoms with Crippen molar-refractivity contribution < 1.29 is 12.8 Å². The third kappa shape index (κ3) is 5.45. The molecule has 21 heavy (non-hydrogen) atoms. The van der Waals surface area contributed by atoms with Crippen molar-refractivity contribution >= 4 is 27.5 Å². The fourth-order valence-corrected chi connectivity index (χ4v) is 4.13. The summed E-state index contributed by atoms with van der Waals surface area (Å²) in [4.78, 5) is 0.906. The van der Waals surface area contributed by atoms with Gasteiger partial charge in [0.25, 0.3) is 0 Å². The van der Waals surface area contributed by atoms with Gasteiger partial charge >= 0.3 is 0 Å². The Balaban J connectivity index is 1.72. The molecule has 7 heteroatoms. The Morgan fingerprint density at radius 1 is 1.19 bits per heavy atom.